The third-order valence-electron chi connectivity index (χ3n) is 3.17. The number of hydrogen-bond acceptors (Lipinski definition) is 4. The number of ether oxygens (including phenoxy) is 2. The summed E-state index contributed by atoms with van der Waals surface area (Å²) in [6.45, 7) is 5.54. The average molecular weight is 344 g/mol. The summed E-state index contributed by atoms with van der Waals surface area (Å²) in [5.41, 5.74) is 0.633. The quantitative estimate of drug-likeness (QED) is 0.641. The zero-order valence-corrected chi connectivity index (χ0v) is 14.8. The average Bonchev–Trinajstić information content (AvgIpc) is 2.52. The summed E-state index contributed by atoms with van der Waals surface area (Å²) in [5.74, 6) is 0.610. The van der Waals surface area contributed by atoms with Crippen molar-refractivity contribution >= 4 is 23.3 Å². The van der Waals surface area contributed by atoms with Gasteiger partial charge in [0.1, 0.15) is 5.75 Å². The lowest BCUT2D eigenvalue weighted by molar-refractivity contribution is 0.160. The van der Waals surface area contributed by atoms with E-state index in [-0.39, 0.29) is 6.03 Å². The molecule has 0 radical (unpaired) electrons. The van der Waals surface area contributed by atoms with Gasteiger partial charge in [0.25, 0.3) is 0 Å². The maximum absolute atomic E-state index is 11.8. The Morgan fingerprint density at radius 3 is 2.78 bits per heavy atom. The molecule has 0 aliphatic rings. The largest absolute Gasteiger partial charge is 0.492 e. The molecule has 1 aromatic carbocycles. The van der Waals surface area contributed by atoms with Crippen molar-refractivity contribution in [3.05, 3.63) is 23.2 Å². The molecule has 2 amide bonds. The van der Waals surface area contributed by atoms with Gasteiger partial charge in [-0.2, -0.15) is 0 Å². The SMILES string of the molecule is CCOc1ccc(NC(=O)NCCCN(C)CCOC)cc1Cl. The zero-order chi connectivity index (χ0) is 17.1. The van der Waals surface area contributed by atoms with Gasteiger partial charge >= 0.3 is 6.03 Å². The van der Waals surface area contributed by atoms with Crippen LogP contribution in [0.2, 0.25) is 5.02 Å². The Hall–Kier alpha value is -1.50. The highest BCUT2D eigenvalue weighted by atomic mass is 35.5. The van der Waals surface area contributed by atoms with E-state index in [9.17, 15) is 4.79 Å². The molecule has 23 heavy (non-hydrogen) atoms. The summed E-state index contributed by atoms with van der Waals surface area (Å²) in [7, 11) is 3.72. The van der Waals surface area contributed by atoms with Gasteiger partial charge in [-0.3, -0.25) is 0 Å². The molecule has 2 N–H and O–H groups in total. The molecular weight excluding hydrogens is 318 g/mol. The zero-order valence-electron chi connectivity index (χ0n) is 14.0. The van der Waals surface area contributed by atoms with E-state index in [2.05, 4.69) is 15.5 Å². The van der Waals surface area contributed by atoms with Crippen LogP contribution in [0.4, 0.5) is 10.5 Å². The molecule has 7 heteroatoms. The fraction of sp³-hybridized carbons (Fsp3) is 0.562. The van der Waals surface area contributed by atoms with Crippen LogP contribution in [0, 0.1) is 0 Å². The summed E-state index contributed by atoms with van der Waals surface area (Å²) < 4.78 is 10.4. The molecule has 1 aromatic rings. The number of amides is 2. The molecule has 0 saturated carbocycles. The second-order valence-electron chi connectivity index (χ2n) is 5.11. The first-order valence-electron chi connectivity index (χ1n) is 7.71. The normalized spacial score (nSPS) is 10.7. The minimum absolute atomic E-state index is 0.246. The van der Waals surface area contributed by atoms with Gasteiger partial charge in [-0.05, 0) is 45.1 Å². The molecule has 0 fully saturated rings. The van der Waals surface area contributed by atoms with Crippen LogP contribution in [0.3, 0.4) is 0 Å². The van der Waals surface area contributed by atoms with Gasteiger partial charge in [0.2, 0.25) is 0 Å². The first-order chi connectivity index (χ1) is 11.1. The number of hydrogen-bond donors (Lipinski definition) is 2. The molecular formula is C16H26ClN3O3. The monoisotopic (exact) mass is 343 g/mol. The Balaban J connectivity index is 2.27. The van der Waals surface area contributed by atoms with Gasteiger partial charge in [0, 0.05) is 25.9 Å². The van der Waals surface area contributed by atoms with Crippen molar-refractivity contribution in [2.24, 2.45) is 0 Å². The van der Waals surface area contributed by atoms with Gasteiger partial charge in [0.15, 0.2) is 0 Å². The van der Waals surface area contributed by atoms with Crippen LogP contribution in [0.1, 0.15) is 13.3 Å². The van der Waals surface area contributed by atoms with Crippen molar-refractivity contribution in [1.29, 1.82) is 0 Å². The van der Waals surface area contributed by atoms with Crippen molar-refractivity contribution < 1.29 is 14.3 Å². The van der Waals surface area contributed by atoms with E-state index >= 15 is 0 Å². The smallest absolute Gasteiger partial charge is 0.319 e. The maximum atomic E-state index is 11.8. The van der Waals surface area contributed by atoms with Crippen molar-refractivity contribution in [2.45, 2.75) is 13.3 Å². The lowest BCUT2D eigenvalue weighted by atomic mass is 10.3. The molecule has 0 bridgehead atoms. The van der Waals surface area contributed by atoms with Crippen molar-refractivity contribution in [3.8, 4) is 5.75 Å². The molecule has 0 heterocycles. The molecule has 0 aliphatic heterocycles. The summed E-state index contributed by atoms with van der Waals surface area (Å²) in [5, 5.41) is 6.05. The number of nitrogens with one attached hydrogen (secondary N) is 2. The fourth-order valence-electron chi connectivity index (χ4n) is 1.94. The maximum Gasteiger partial charge on any atom is 0.319 e. The van der Waals surface area contributed by atoms with Gasteiger partial charge < -0.3 is 25.0 Å². The highest BCUT2D eigenvalue weighted by molar-refractivity contribution is 6.32. The Bertz CT molecular complexity index is 486. The standard InChI is InChI=1S/C16H26ClN3O3/c1-4-23-15-7-6-13(12-14(15)17)19-16(21)18-8-5-9-20(2)10-11-22-3/h6-7,12H,4-5,8-11H2,1-3H3,(H2,18,19,21). The number of anilines is 1. The number of nitrogens with zero attached hydrogens (tertiary/aromatic N) is 1. The predicted octanol–water partition coefficient (Wildman–Crippen LogP) is 2.83. The van der Waals surface area contributed by atoms with Crippen LogP contribution < -0.4 is 15.4 Å². The van der Waals surface area contributed by atoms with Gasteiger partial charge in [0.05, 0.1) is 18.2 Å². The minimum Gasteiger partial charge on any atom is -0.492 e. The second kappa shape index (κ2) is 11.1. The van der Waals surface area contributed by atoms with Crippen LogP contribution in [0.25, 0.3) is 0 Å². The Labute approximate surface area is 143 Å². The van der Waals surface area contributed by atoms with Gasteiger partial charge in [-0.15, -0.1) is 0 Å². The van der Waals surface area contributed by atoms with Crippen LogP contribution in [0.15, 0.2) is 18.2 Å². The molecule has 0 saturated heterocycles. The van der Waals surface area contributed by atoms with E-state index in [1.54, 1.807) is 25.3 Å². The van der Waals surface area contributed by atoms with Crippen molar-refractivity contribution in [3.63, 3.8) is 0 Å². The number of carbonyl (C=O) groups is 1. The number of rotatable bonds is 10. The van der Waals surface area contributed by atoms with Crippen LogP contribution in [-0.2, 0) is 4.74 Å². The van der Waals surface area contributed by atoms with E-state index < -0.39 is 0 Å². The highest BCUT2D eigenvalue weighted by Gasteiger charge is 2.06. The van der Waals surface area contributed by atoms with Gasteiger partial charge in [-0.25, -0.2) is 4.79 Å². The Morgan fingerprint density at radius 1 is 1.35 bits per heavy atom. The first-order valence-corrected chi connectivity index (χ1v) is 8.09. The predicted molar refractivity (Wildman–Crippen MR) is 93.6 cm³/mol. The fourth-order valence-corrected chi connectivity index (χ4v) is 2.17. The first kappa shape index (κ1) is 19.5. The van der Waals surface area contributed by atoms with E-state index in [0.717, 1.165) is 19.5 Å². The number of benzene rings is 1. The molecule has 0 unspecified atom stereocenters. The summed E-state index contributed by atoms with van der Waals surface area (Å²) in [4.78, 5) is 14.0. The lowest BCUT2D eigenvalue weighted by Gasteiger charge is -2.16. The molecule has 1 rings (SSSR count). The lowest BCUT2D eigenvalue weighted by Crippen LogP contribution is -2.32. The number of likely N-dealkylation sites (N-methyl/N-ethyl adjacent to an activating group) is 1. The summed E-state index contributed by atoms with van der Waals surface area (Å²) >= 11 is 6.08. The molecule has 0 spiro atoms. The summed E-state index contributed by atoms with van der Waals surface area (Å²) in [6, 6.07) is 4.93. The van der Waals surface area contributed by atoms with Crippen LogP contribution >= 0.6 is 11.6 Å². The van der Waals surface area contributed by atoms with E-state index in [0.29, 0.717) is 36.2 Å². The van der Waals surface area contributed by atoms with E-state index in [4.69, 9.17) is 21.1 Å². The van der Waals surface area contributed by atoms with E-state index in [1.807, 2.05) is 14.0 Å². The minimum atomic E-state index is -0.246. The van der Waals surface area contributed by atoms with Crippen LogP contribution in [-0.4, -0.2) is 57.9 Å². The highest BCUT2D eigenvalue weighted by Crippen LogP contribution is 2.27. The summed E-state index contributed by atoms with van der Waals surface area (Å²) in [6.07, 6.45) is 0.873. The number of carbonyl (C=O) groups excluding carboxylic acids is 1. The van der Waals surface area contributed by atoms with Crippen molar-refractivity contribution in [1.82, 2.24) is 10.2 Å². The number of urea groups is 1. The topological polar surface area (TPSA) is 62.8 Å². The van der Waals surface area contributed by atoms with Crippen LogP contribution in [0.5, 0.6) is 5.75 Å². The third-order valence-corrected chi connectivity index (χ3v) is 3.46. The number of halogens is 1. The van der Waals surface area contributed by atoms with E-state index in [1.165, 1.54) is 0 Å². The molecule has 6 nitrogen and oxygen atoms in total. The second-order valence-corrected chi connectivity index (χ2v) is 5.52. The van der Waals surface area contributed by atoms with Crippen molar-refractivity contribution in [2.75, 3.05) is 52.3 Å². The Kier molecular flexibility index (Phi) is 9.43. The molecule has 0 atom stereocenters. The van der Waals surface area contributed by atoms with Gasteiger partial charge in [-0.1, -0.05) is 11.6 Å². The third kappa shape index (κ3) is 8.06. The Morgan fingerprint density at radius 2 is 2.13 bits per heavy atom. The molecule has 0 aliphatic carbocycles. The molecule has 0 aromatic heterocycles. The molecule has 130 valence electrons. The number of methoxy groups -OCH3 is 1.